The van der Waals surface area contributed by atoms with Crippen LogP contribution in [0, 0.1) is 0 Å². The predicted octanol–water partition coefficient (Wildman–Crippen LogP) is 4.73. The van der Waals surface area contributed by atoms with Crippen LogP contribution >= 0.6 is 11.6 Å². The molecule has 4 aromatic rings. The van der Waals surface area contributed by atoms with E-state index in [9.17, 15) is 4.79 Å². The average Bonchev–Trinajstić information content (AvgIpc) is 3.11. The van der Waals surface area contributed by atoms with E-state index in [1.54, 1.807) is 30.3 Å². The summed E-state index contributed by atoms with van der Waals surface area (Å²) in [5.41, 5.74) is 3.80. The van der Waals surface area contributed by atoms with Gasteiger partial charge in [0.15, 0.2) is 0 Å². The maximum absolute atomic E-state index is 12.1. The van der Waals surface area contributed by atoms with Gasteiger partial charge >= 0.3 is 0 Å². The molecular formula is C21H15ClN4O. The zero-order valence-corrected chi connectivity index (χ0v) is 15.0. The van der Waals surface area contributed by atoms with Gasteiger partial charge in [-0.05, 0) is 48.0 Å². The number of halogens is 1. The lowest BCUT2D eigenvalue weighted by Crippen LogP contribution is -2.07. The van der Waals surface area contributed by atoms with Crippen LogP contribution in [-0.4, -0.2) is 20.9 Å². The fraction of sp³-hybridized carbons (Fsp3) is 0. The summed E-state index contributed by atoms with van der Waals surface area (Å²) in [6.07, 6.45) is 3.27. The minimum absolute atomic E-state index is 0.208. The van der Waals surface area contributed by atoms with Crippen molar-refractivity contribution in [2.24, 2.45) is 0 Å². The van der Waals surface area contributed by atoms with Crippen LogP contribution in [-0.2, 0) is 4.79 Å². The van der Waals surface area contributed by atoms with Gasteiger partial charge < -0.3 is 5.32 Å². The molecule has 4 rings (SSSR count). The molecule has 0 aliphatic rings. The number of anilines is 1. The topological polar surface area (TPSA) is 59.8 Å². The highest BCUT2D eigenvalue weighted by Crippen LogP contribution is 2.19. The van der Waals surface area contributed by atoms with Crippen LogP contribution in [0.2, 0.25) is 5.02 Å². The first-order chi connectivity index (χ1) is 13.2. The van der Waals surface area contributed by atoms with Crippen molar-refractivity contribution in [3.63, 3.8) is 0 Å². The largest absolute Gasteiger partial charge is 0.322 e. The van der Waals surface area contributed by atoms with Crippen molar-refractivity contribution in [1.29, 1.82) is 0 Å². The van der Waals surface area contributed by atoms with E-state index >= 15 is 0 Å². The van der Waals surface area contributed by atoms with Crippen molar-refractivity contribution in [1.82, 2.24) is 15.0 Å². The Morgan fingerprint density at radius 3 is 2.56 bits per heavy atom. The van der Waals surface area contributed by atoms with Gasteiger partial charge in [-0.3, -0.25) is 4.79 Å². The zero-order chi connectivity index (χ0) is 18.6. The Labute approximate surface area is 160 Å². The van der Waals surface area contributed by atoms with Gasteiger partial charge in [0, 0.05) is 16.8 Å². The lowest BCUT2D eigenvalue weighted by Gasteiger charge is -2.01. The Balaban J connectivity index is 1.53. The Morgan fingerprint density at radius 1 is 0.926 bits per heavy atom. The smallest absolute Gasteiger partial charge is 0.248 e. The number of fused-ring (bicyclic) bond motifs is 1. The molecule has 0 aliphatic heterocycles. The van der Waals surface area contributed by atoms with Gasteiger partial charge in [-0.2, -0.15) is 4.80 Å². The van der Waals surface area contributed by atoms with Crippen LogP contribution < -0.4 is 5.32 Å². The van der Waals surface area contributed by atoms with Gasteiger partial charge in [-0.15, -0.1) is 10.2 Å². The Bertz CT molecular complexity index is 1140. The van der Waals surface area contributed by atoms with Crippen LogP contribution in [0.1, 0.15) is 5.56 Å². The maximum Gasteiger partial charge on any atom is 0.248 e. The van der Waals surface area contributed by atoms with E-state index in [1.807, 2.05) is 48.5 Å². The van der Waals surface area contributed by atoms with Crippen LogP contribution in [0.4, 0.5) is 5.69 Å². The second-order valence-electron chi connectivity index (χ2n) is 5.91. The predicted molar refractivity (Wildman–Crippen MR) is 108 cm³/mol. The molecule has 0 saturated carbocycles. The second kappa shape index (κ2) is 7.43. The average molecular weight is 375 g/mol. The van der Waals surface area contributed by atoms with E-state index in [-0.39, 0.29) is 5.91 Å². The molecule has 0 unspecified atom stereocenters. The summed E-state index contributed by atoms with van der Waals surface area (Å²) >= 11 is 6.03. The monoisotopic (exact) mass is 374 g/mol. The number of carbonyl (C=O) groups excluding carboxylic acids is 1. The van der Waals surface area contributed by atoms with Gasteiger partial charge in [-0.1, -0.05) is 48.0 Å². The summed E-state index contributed by atoms with van der Waals surface area (Å²) in [7, 11) is 0. The molecule has 0 radical (unpaired) electrons. The molecule has 5 nitrogen and oxygen atoms in total. The minimum Gasteiger partial charge on any atom is -0.322 e. The fourth-order valence-electron chi connectivity index (χ4n) is 2.63. The second-order valence-corrected chi connectivity index (χ2v) is 6.34. The molecule has 0 bridgehead atoms. The molecule has 1 heterocycles. The standard InChI is InChI=1S/C21H15ClN4O/c22-16-7-4-8-18(13-16)26-24-19-11-10-17(14-20(19)25-26)23-21(27)12-9-15-5-2-1-3-6-15/h1-14H,(H,23,27)/b12-9+. The van der Waals surface area contributed by atoms with Gasteiger partial charge in [0.1, 0.15) is 11.0 Å². The molecule has 0 aliphatic carbocycles. The number of amides is 1. The first-order valence-electron chi connectivity index (χ1n) is 8.34. The number of hydrogen-bond donors (Lipinski definition) is 1. The van der Waals surface area contributed by atoms with Crippen molar-refractivity contribution in [2.75, 3.05) is 5.32 Å². The van der Waals surface area contributed by atoms with Crippen molar-refractivity contribution in [3.8, 4) is 5.69 Å². The first-order valence-corrected chi connectivity index (χ1v) is 8.72. The maximum atomic E-state index is 12.1. The lowest BCUT2D eigenvalue weighted by atomic mass is 10.2. The van der Waals surface area contributed by atoms with Crippen LogP contribution in [0.25, 0.3) is 22.8 Å². The highest BCUT2D eigenvalue weighted by molar-refractivity contribution is 6.30. The first kappa shape index (κ1) is 17.0. The molecule has 1 N–H and O–H groups in total. The molecule has 0 fully saturated rings. The summed E-state index contributed by atoms with van der Waals surface area (Å²) in [5.74, 6) is -0.208. The van der Waals surface area contributed by atoms with E-state index in [4.69, 9.17) is 11.6 Å². The van der Waals surface area contributed by atoms with E-state index in [1.165, 1.54) is 10.9 Å². The van der Waals surface area contributed by atoms with Crippen molar-refractivity contribution in [3.05, 3.63) is 89.5 Å². The highest BCUT2D eigenvalue weighted by Gasteiger charge is 2.07. The molecular weight excluding hydrogens is 360 g/mol. The van der Waals surface area contributed by atoms with Gasteiger partial charge in [0.2, 0.25) is 5.91 Å². The summed E-state index contributed by atoms with van der Waals surface area (Å²) in [6, 6.07) is 22.4. The van der Waals surface area contributed by atoms with Gasteiger partial charge in [0.05, 0.1) is 5.69 Å². The van der Waals surface area contributed by atoms with Crippen molar-refractivity contribution < 1.29 is 4.79 Å². The number of nitrogens with one attached hydrogen (secondary N) is 1. The summed E-state index contributed by atoms with van der Waals surface area (Å²) < 4.78 is 0. The van der Waals surface area contributed by atoms with E-state index in [0.29, 0.717) is 16.2 Å². The minimum atomic E-state index is -0.208. The molecule has 6 heteroatoms. The summed E-state index contributed by atoms with van der Waals surface area (Å²) in [4.78, 5) is 13.7. The van der Waals surface area contributed by atoms with Crippen LogP contribution in [0.3, 0.4) is 0 Å². The van der Waals surface area contributed by atoms with Crippen LogP contribution in [0.15, 0.2) is 78.9 Å². The number of rotatable bonds is 4. The molecule has 0 spiro atoms. The lowest BCUT2D eigenvalue weighted by molar-refractivity contribution is -0.111. The van der Waals surface area contributed by atoms with E-state index in [2.05, 4.69) is 15.5 Å². The molecule has 27 heavy (non-hydrogen) atoms. The summed E-state index contributed by atoms with van der Waals surface area (Å²) in [5, 5.41) is 12.4. The SMILES string of the molecule is O=C(/C=C/c1ccccc1)Nc1ccc2nn(-c3cccc(Cl)c3)nc2c1. The number of aromatic nitrogens is 3. The Morgan fingerprint density at radius 2 is 1.74 bits per heavy atom. The van der Waals surface area contributed by atoms with Gasteiger partial charge in [-0.25, -0.2) is 0 Å². The van der Waals surface area contributed by atoms with Crippen molar-refractivity contribution >= 4 is 40.3 Å². The normalized spacial score (nSPS) is 11.1. The third-order valence-corrected chi connectivity index (χ3v) is 4.15. The number of benzene rings is 3. The van der Waals surface area contributed by atoms with Gasteiger partial charge in [0.25, 0.3) is 0 Å². The third-order valence-electron chi connectivity index (χ3n) is 3.91. The Hall–Kier alpha value is -3.44. The van der Waals surface area contributed by atoms with E-state index < -0.39 is 0 Å². The van der Waals surface area contributed by atoms with E-state index in [0.717, 1.165) is 16.8 Å². The van der Waals surface area contributed by atoms with Crippen molar-refractivity contribution in [2.45, 2.75) is 0 Å². The zero-order valence-electron chi connectivity index (χ0n) is 14.2. The number of carbonyl (C=O) groups is 1. The quantitative estimate of drug-likeness (QED) is 0.525. The summed E-state index contributed by atoms with van der Waals surface area (Å²) in [6.45, 7) is 0. The van der Waals surface area contributed by atoms with Crippen LogP contribution in [0.5, 0.6) is 0 Å². The fourth-order valence-corrected chi connectivity index (χ4v) is 2.81. The molecule has 0 saturated heterocycles. The Kier molecular flexibility index (Phi) is 4.68. The molecule has 1 amide bonds. The third kappa shape index (κ3) is 4.04. The molecule has 132 valence electrons. The molecule has 0 atom stereocenters. The highest BCUT2D eigenvalue weighted by atomic mass is 35.5. The number of nitrogens with zero attached hydrogens (tertiary/aromatic N) is 3. The number of hydrogen-bond acceptors (Lipinski definition) is 3. The molecule has 3 aromatic carbocycles. The molecule has 1 aromatic heterocycles.